The lowest BCUT2D eigenvalue weighted by atomic mass is 10.2. The Hall–Kier alpha value is -2.37. The van der Waals surface area contributed by atoms with Crippen LogP contribution in [0.25, 0.3) is 11.5 Å². The standard InChI is InChI=1S/C15H17N3O3/c1-10-7-12(10)8-16-13(19)9-18-15(20)21-14(17-18)11-5-3-2-4-6-11/h2-6,10,12H,7-9H2,1H3,(H,16,19). The minimum Gasteiger partial charge on any atom is -0.388 e. The van der Waals surface area contributed by atoms with Crippen LogP contribution in [-0.4, -0.2) is 22.2 Å². The average Bonchev–Trinajstić information content (AvgIpc) is 3.08. The van der Waals surface area contributed by atoms with Crippen molar-refractivity contribution in [2.24, 2.45) is 11.8 Å². The van der Waals surface area contributed by atoms with Gasteiger partial charge >= 0.3 is 5.76 Å². The van der Waals surface area contributed by atoms with E-state index in [-0.39, 0.29) is 18.3 Å². The number of carbonyl (C=O) groups excluding carboxylic acids is 1. The fourth-order valence-corrected chi connectivity index (χ4v) is 2.22. The normalized spacial score (nSPS) is 20.2. The maximum absolute atomic E-state index is 11.8. The lowest BCUT2D eigenvalue weighted by molar-refractivity contribution is -0.122. The summed E-state index contributed by atoms with van der Waals surface area (Å²) in [5, 5.41) is 6.87. The van der Waals surface area contributed by atoms with Crippen molar-refractivity contribution in [1.29, 1.82) is 0 Å². The Balaban J connectivity index is 1.64. The Morgan fingerprint density at radius 1 is 1.43 bits per heavy atom. The molecule has 0 bridgehead atoms. The van der Waals surface area contributed by atoms with E-state index in [4.69, 9.17) is 4.42 Å². The van der Waals surface area contributed by atoms with Gasteiger partial charge in [-0.15, -0.1) is 5.10 Å². The summed E-state index contributed by atoms with van der Waals surface area (Å²) >= 11 is 0. The summed E-state index contributed by atoms with van der Waals surface area (Å²) in [7, 11) is 0. The summed E-state index contributed by atoms with van der Waals surface area (Å²) in [5.41, 5.74) is 0.709. The molecular formula is C15H17N3O3. The predicted octanol–water partition coefficient (Wildman–Crippen LogP) is 1.28. The molecule has 6 nitrogen and oxygen atoms in total. The molecule has 1 aromatic carbocycles. The van der Waals surface area contributed by atoms with Crippen LogP contribution in [0.3, 0.4) is 0 Å². The van der Waals surface area contributed by atoms with Crippen LogP contribution in [0.5, 0.6) is 0 Å². The minimum absolute atomic E-state index is 0.115. The number of amides is 1. The molecule has 1 fully saturated rings. The summed E-state index contributed by atoms with van der Waals surface area (Å²) < 4.78 is 6.12. The summed E-state index contributed by atoms with van der Waals surface area (Å²) in [4.78, 5) is 23.5. The van der Waals surface area contributed by atoms with E-state index in [1.165, 1.54) is 0 Å². The molecule has 1 N–H and O–H groups in total. The molecule has 1 saturated carbocycles. The number of benzene rings is 1. The second-order valence-electron chi connectivity index (χ2n) is 5.47. The third-order valence-electron chi connectivity index (χ3n) is 3.76. The molecule has 2 unspecified atom stereocenters. The Morgan fingerprint density at radius 2 is 2.14 bits per heavy atom. The molecule has 2 atom stereocenters. The third-order valence-corrected chi connectivity index (χ3v) is 3.76. The van der Waals surface area contributed by atoms with E-state index >= 15 is 0 Å². The van der Waals surface area contributed by atoms with E-state index in [1.807, 2.05) is 18.2 Å². The first kappa shape index (κ1) is 13.6. The van der Waals surface area contributed by atoms with Gasteiger partial charge in [-0.2, -0.15) is 4.68 Å². The zero-order valence-electron chi connectivity index (χ0n) is 11.8. The maximum Gasteiger partial charge on any atom is 0.437 e. The van der Waals surface area contributed by atoms with Crippen molar-refractivity contribution in [3.63, 3.8) is 0 Å². The van der Waals surface area contributed by atoms with Crippen LogP contribution in [0.2, 0.25) is 0 Å². The highest BCUT2D eigenvalue weighted by molar-refractivity contribution is 5.75. The molecular weight excluding hydrogens is 270 g/mol. The van der Waals surface area contributed by atoms with Gasteiger partial charge in [0.1, 0.15) is 6.54 Å². The highest BCUT2D eigenvalue weighted by atomic mass is 16.4. The van der Waals surface area contributed by atoms with Crippen molar-refractivity contribution in [2.75, 3.05) is 6.54 Å². The first-order valence-corrected chi connectivity index (χ1v) is 7.03. The van der Waals surface area contributed by atoms with E-state index in [9.17, 15) is 9.59 Å². The largest absolute Gasteiger partial charge is 0.437 e. The van der Waals surface area contributed by atoms with E-state index in [1.54, 1.807) is 12.1 Å². The van der Waals surface area contributed by atoms with E-state index in [2.05, 4.69) is 17.3 Å². The van der Waals surface area contributed by atoms with Gasteiger partial charge in [0.05, 0.1) is 0 Å². The van der Waals surface area contributed by atoms with Crippen LogP contribution < -0.4 is 11.1 Å². The SMILES string of the molecule is CC1CC1CNC(=O)Cn1nc(-c2ccccc2)oc1=O. The van der Waals surface area contributed by atoms with Gasteiger partial charge in [0.2, 0.25) is 11.8 Å². The fraction of sp³-hybridized carbons (Fsp3) is 0.400. The molecule has 1 aliphatic rings. The number of rotatable bonds is 5. The topological polar surface area (TPSA) is 77.1 Å². The molecule has 1 aromatic heterocycles. The summed E-state index contributed by atoms with van der Waals surface area (Å²) in [6, 6.07) is 9.12. The van der Waals surface area contributed by atoms with Gasteiger partial charge in [-0.25, -0.2) is 4.79 Å². The molecule has 2 aromatic rings. The van der Waals surface area contributed by atoms with Crippen LogP contribution in [0.4, 0.5) is 0 Å². The van der Waals surface area contributed by atoms with Crippen LogP contribution in [0.15, 0.2) is 39.5 Å². The second kappa shape index (κ2) is 5.55. The van der Waals surface area contributed by atoms with Crippen LogP contribution >= 0.6 is 0 Å². The first-order valence-electron chi connectivity index (χ1n) is 7.03. The van der Waals surface area contributed by atoms with Gasteiger partial charge in [0.15, 0.2) is 0 Å². The summed E-state index contributed by atoms with van der Waals surface area (Å²) in [6.07, 6.45) is 1.16. The second-order valence-corrected chi connectivity index (χ2v) is 5.47. The molecule has 1 heterocycles. The average molecular weight is 287 g/mol. The Kier molecular flexibility index (Phi) is 3.60. The quantitative estimate of drug-likeness (QED) is 0.898. The predicted molar refractivity (Wildman–Crippen MR) is 76.5 cm³/mol. The summed E-state index contributed by atoms with van der Waals surface area (Å²) in [5.74, 6) is 0.643. The van der Waals surface area contributed by atoms with Gasteiger partial charge in [-0.05, 0) is 30.4 Å². The lowest BCUT2D eigenvalue weighted by Gasteiger charge is -2.02. The highest BCUT2D eigenvalue weighted by Crippen LogP contribution is 2.36. The number of nitrogens with zero attached hydrogens (tertiary/aromatic N) is 2. The molecule has 0 radical (unpaired) electrons. The van der Waals surface area contributed by atoms with Crippen LogP contribution in [-0.2, 0) is 11.3 Å². The van der Waals surface area contributed by atoms with Crippen molar-refractivity contribution in [3.8, 4) is 11.5 Å². The molecule has 0 saturated heterocycles. The van der Waals surface area contributed by atoms with E-state index in [0.29, 0.717) is 23.9 Å². The Labute approximate surface area is 121 Å². The van der Waals surface area contributed by atoms with Gasteiger partial charge in [-0.1, -0.05) is 25.1 Å². The third kappa shape index (κ3) is 3.21. The number of nitrogens with one attached hydrogen (secondary N) is 1. The Bertz CT molecular complexity index is 690. The molecule has 0 spiro atoms. The number of carbonyl (C=O) groups is 1. The van der Waals surface area contributed by atoms with Gasteiger partial charge in [0, 0.05) is 12.1 Å². The monoisotopic (exact) mass is 287 g/mol. The molecule has 3 rings (SSSR count). The zero-order valence-corrected chi connectivity index (χ0v) is 11.8. The van der Waals surface area contributed by atoms with Crippen molar-refractivity contribution in [3.05, 3.63) is 40.9 Å². The molecule has 21 heavy (non-hydrogen) atoms. The smallest absolute Gasteiger partial charge is 0.388 e. The van der Waals surface area contributed by atoms with Gasteiger partial charge in [0.25, 0.3) is 0 Å². The van der Waals surface area contributed by atoms with Crippen molar-refractivity contribution in [1.82, 2.24) is 15.1 Å². The molecule has 1 amide bonds. The van der Waals surface area contributed by atoms with Crippen LogP contribution in [0.1, 0.15) is 13.3 Å². The lowest BCUT2D eigenvalue weighted by Crippen LogP contribution is -2.32. The molecule has 110 valence electrons. The minimum atomic E-state index is -0.621. The highest BCUT2D eigenvalue weighted by Gasteiger charge is 2.32. The van der Waals surface area contributed by atoms with Crippen molar-refractivity contribution < 1.29 is 9.21 Å². The van der Waals surface area contributed by atoms with Crippen molar-refractivity contribution >= 4 is 5.91 Å². The zero-order chi connectivity index (χ0) is 14.8. The molecule has 0 aliphatic heterocycles. The summed E-state index contributed by atoms with van der Waals surface area (Å²) in [6.45, 7) is 2.71. The van der Waals surface area contributed by atoms with E-state index in [0.717, 1.165) is 11.1 Å². The van der Waals surface area contributed by atoms with Gasteiger partial charge in [-0.3, -0.25) is 4.79 Å². The van der Waals surface area contributed by atoms with Gasteiger partial charge < -0.3 is 9.73 Å². The van der Waals surface area contributed by atoms with Crippen molar-refractivity contribution in [2.45, 2.75) is 19.9 Å². The Morgan fingerprint density at radius 3 is 2.81 bits per heavy atom. The maximum atomic E-state index is 11.8. The molecule has 1 aliphatic carbocycles. The van der Waals surface area contributed by atoms with Crippen LogP contribution in [0, 0.1) is 11.8 Å². The number of hydrogen-bond acceptors (Lipinski definition) is 4. The number of hydrogen-bond donors (Lipinski definition) is 1. The fourth-order valence-electron chi connectivity index (χ4n) is 2.22. The molecule has 6 heteroatoms. The first-order chi connectivity index (χ1) is 10.1. The van der Waals surface area contributed by atoms with E-state index < -0.39 is 5.76 Å². The number of aromatic nitrogens is 2.